The molecule has 6 nitrogen and oxygen atoms in total. The number of amides is 1. The molecule has 466 valence electrons. The molecule has 0 aliphatic heterocycles. The van der Waals surface area contributed by atoms with Gasteiger partial charge in [0.05, 0.1) is 25.4 Å². The molecule has 3 N–H and O–H groups in total. The molecule has 6 heteroatoms. The third kappa shape index (κ3) is 64.0. The minimum atomic E-state index is -0.663. The van der Waals surface area contributed by atoms with Crippen LogP contribution in [0, 0.1) is 0 Å². The number of ether oxygens (including phenoxy) is 1. The molecule has 0 aromatic carbocycles. The Morgan fingerprint density at radius 2 is 0.526 bits per heavy atom. The fraction of sp³-hybridized carbons (Fsp3) is 0.972. The Morgan fingerprint density at radius 3 is 0.782 bits per heavy atom. The lowest BCUT2D eigenvalue weighted by atomic mass is 10.0. The van der Waals surface area contributed by atoms with Crippen molar-refractivity contribution in [1.29, 1.82) is 0 Å². The molecule has 0 aromatic heterocycles. The highest BCUT2D eigenvalue weighted by molar-refractivity contribution is 5.76. The van der Waals surface area contributed by atoms with Gasteiger partial charge in [-0.15, -0.1) is 0 Å². The van der Waals surface area contributed by atoms with Gasteiger partial charge in [0.2, 0.25) is 5.91 Å². The Labute approximate surface area is 489 Å². The summed E-state index contributed by atoms with van der Waals surface area (Å²) in [7, 11) is 0. The van der Waals surface area contributed by atoms with Crippen molar-refractivity contribution in [1.82, 2.24) is 5.32 Å². The van der Waals surface area contributed by atoms with Crippen LogP contribution in [0.4, 0.5) is 0 Å². The summed E-state index contributed by atoms with van der Waals surface area (Å²) >= 11 is 0. The van der Waals surface area contributed by atoms with E-state index in [0.717, 1.165) is 38.5 Å². The van der Waals surface area contributed by atoms with E-state index in [1.807, 2.05) is 0 Å². The van der Waals surface area contributed by atoms with E-state index in [2.05, 4.69) is 19.2 Å². The van der Waals surface area contributed by atoms with Crippen molar-refractivity contribution < 1.29 is 24.5 Å². The Balaban J connectivity index is 3.35. The maximum absolute atomic E-state index is 12.6. The largest absolute Gasteiger partial charge is 0.466 e. The smallest absolute Gasteiger partial charge is 0.305 e. The van der Waals surface area contributed by atoms with Crippen LogP contribution >= 0.6 is 0 Å². The molecule has 0 heterocycles. The first-order chi connectivity index (χ1) is 38.5. The van der Waals surface area contributed by atoms with Gasteiger partial charge in [0.1, 0.15) is 0 Å². The Bertz CT molecular complexity index is 1130. The summed E-state index contributed by atoms with van der Waals surface area (Å²) in [5, 5.41) is 23.4. The SMILES string of the molecule is CCCCCCCCCCCCCCCCCCCCCCCCC(O)C(CO)NC(=O)CCCCCCCCCCCCCCCCCCCCCCCCCCCCOC(=O)CCCCCCCCCCCCCCC. The summed E-state index contributed by atoms with van der Waals surface area (Å²) in [5.41, 5.74) is 0. The third-order valence-electron chi connectivity index (χ3n) is 17.4. The number of hydrogen-bond donors (Lipinski definition) is 3. The fourth-order valence-electron chi connectivity index (χ4n) is 11.9. The van der Waals surface area contributed by atoms with Crippen LogP contribution in [-0.4, -0.2) is 47.4 Å². The van der Waals surface area contributed by atoms with Crippen molar-refractivity contribution in [3.05, 3.63) is 0 Å². The zero-order chi connectivity index (χ0) is 56.4. The molecule has 0 saturated carbocycles. The predicted octanol–water partition coefficient (Wildman–Crippen LogP) is 23.4. The maximum atomic E-state index is 12.6. The quantitative estimate of drug-likeness (QED) is 0.0417. The summed E-state index contributed by atoms with van der Waals surface area (Å²) in [4.78, 5) is 24.6. The van der Waals surface area contributed by atoms with Crippen molar-refractivity contribution >= 4 is 11.9 Å². The van der Waals surface area contributed by atoms with Crippen molar-refractivity contribution in [3.8, 4) is 0 Å². The Kier molecular flexibility index (Phi) is 67.4. The highest BCUT2D eigenvalue weighted by Crippen LogP contribution is 2.20. The highest BCUT2D eigenvalue weighted by Gasteiger charge is 2.20. The van der Waals surface area contributed by atoms with Gasteiger partial charge in [-0.2, -0.15) is 0 Å². The molecule has 0 radical (unpaired) electrons. The van der Waals surface area contributed by atoms with E-state index in [0.29, 0.717) is 25.9 Å². The van der Waals surface area contributed by atoms with Crippen LogP contribution < -0.4 is 5.32 Å². The molecule has 0 aromatic rings. The molecule has 2 unspecified atom stereocenters. The minimum absolute atomic E-state index is 0.0203. The van der Waals surface area contributed by atoms with Crippen LogP contribution in [-0.2, 0) is 14.3 Å². The number of nitrogens with one attached hydrogen (secondary N) is 1. The summed E-state index contributed by atoms with van der Waals surface area (Å²) in [5.74, 6) is -0.00664. The lowest BCUT2D eigenvalue weighted by Crippen LogP contribution is -2.45. The lowest BCUT2D eigenvalue weighted by Gasteiger charge is -2.22. The molecule has 0 aliphatic carbocycles. The number of unbranched alkanes of at least 4 members (excludes halogenated alkanes) is 58. The second-order valence-electron chi connectivity index (χ2n) is 25.3. The molecule has 0 bridgehead atoms. The molecule has 0 aliphatic rings. The van der Waals surface area contributed by atoms with Gasteiger partial charge in [-0.05, 0) is 25.7 Å². The third-order valence-corrected chi connectivity index (χ3v) is 17.4. The van der Waals surface area contributed by atoms with E-state index in [1.165, 1.54) is 353 Å². The topological polar surface area (TPSA) is 95.9 Å². The first-order valence-corrected chi connectivity index (χ1v) is 36.3. The van der Waals surface area contributed by atoms with Gasteiger partial charge in [0, 0.05) is 12.8 Å². The summed E-state index contributed by atoms with van der Waals surface area (Å²) < 4.78 is 5.49. The molecule has 0 saturated heterocycles. The number of carbonyl (C=O) groups excluding carboxylic acids is 2. The Morgan fingerprint density at radius 1 is 0.308 bits per heavy atom. The zero-order valence-corrected chi connectivity index (χ0v) is 53.4. The van der Waals surface area contributed by atoms with E-state index in [9.17, 15) is 19.8 Å². The molecular weight excluding hydrogens is 959 g/mol. The molecule has 2 atom stereocenters. The average Bonchev–Trinajstić information content (AvgIpc) is 3.44. The standard InChI is InChI=1S/C72H143NO5/c1-3-5-7-9-11-13-15-17-18-19-20-21-28-31-34-37-41-44-48-52-56-60-64-70(75)69(68-74)73-71(76)65-61-57-53-49-45-42-38-35-32-29-26-24-22-23-25-27-30-33-36-39-43-47-51-55-59-63-67-78-72(77)66-62-58-54-50-46-40-16-14-12-10-8-6-4-2/h69-70,74-75H,3-68H2,1-2H3,(H,73,76). The second kappa shape index (κ2) is 68.4. The van der Waals surface area contributed by atoms with Crippen LogP contribution in [0.1, 0.15) is 425 Å². The van der Waals surface area contributed by atoms with Gasteiger partial charge >= 0.3 is 5.97 Å². The number of carbonyl (C=O) groups is 2. The van der Waals surface area contributed by atoms with Crippen LogP contribution in [0.3, 0.4) is 0 Å². The summed E-state index contributed by atoms with van der Waals surface area (Å²) in [6.45, 7) is 5.01. The highest BCUT2D eigenvalue weighted by atomic mass is 16.5. The van der Waals surface area contributed by atoms with E-state index < -0.39 is 12.1 Å². The molecule has 78 heavy (non-hydrogen) atoms. The molecule has 1 amide bonds. The van der Waals surface area contributed by atoms with E-state index in [1.54, 1.807) is 0 Å². The van der Waals surface area contributed by atoms with Gasteiger partial charge in [0.25, 0.3) is 0 Å². The van der Waals surface area contributed by atoms with E-state index >= 15 is 0 Å². The van der Waals surface area contributed by atoms with Crippen molar-refractivity contribution in [2.75, 3.05) is 13.2 Å². The average molecular weight is 1100 g/mol. The van der Waals surface area contributed by atoms with Gasteiger partial charge in [-0.3, -0.25) is 9.59 Å². The van der Waals surface area contributed by atoms with E-state index in [-0.39, 0.29) is 18.5 Å². The summed E-state index contributed by atoms with van der Waals surface area (Å²) in [6, 6.07) is -0.540. The van der Waals surface area contributed by atoms with Gasteiger partial charge in [-0.25, -0.2) is 0 Å². The van der Waals surface area contributed by atoms with Crippen LogP contribution in [0.15, 0.2) is 0 Å². The number of aliphatic hydroxyl groups is 2. The number of esters is 1. The molecule has 0 spiro atoms. The summed E-state index contributed by atoms with van der Waals surface area (Å²) in [6.07, 6.45) is 83.0. The monoisotopic (exact) mass is 1100 g/mol. The number of hydrogen-bond acceptors (Lipinski definition) is 5. The van der Waals surface area contributed by atoms with Crippen molar-refractivity contribution in [3.63, 3.8) is 0 Å². The van der Waals surface area contributed by atoms with Crippen molar-refractivity contribution in [2.24, 2.45) is 0 Å². The zero-order valence-electron chi connectivity index (χ0n) is 53.4. The van der Waals surface area contributed by atoms with Crippen molar-refractivity contribution in [2.45, 2.75) is 437 Å². The van der Waals surface area contributed by atoms with Crippen LogP contribution in [0.2, 0.25) is 0 Å². The first-order valence-electron chi connectivity index (χ1n) is 36.3. The molecule has 0 fully saturated rings. The fourth-order valence-corrected chi connectivity index (χ4v) is 11.9. The maximum Gasteiger partial charge on any atom is 0.305 e. The Hall–Kier alpha value is -1.14. The van der Waals surface area contributed by atoms with Gasteiger partial charge in [-0.1, -0.05) is 386 Å². The van der Waals surface area contributed by atoms with Crippen LogP contribution in [0.25, 0.3) is 0 Å². The number of aliphatic hydroxyl groups excluding tert-OH is 2. The van der Waals surface area contributed by atoms with Crippen LogP contribution in [0.5, 0.6) is 0 Å². The predicted molar refractivity (Wildman–Crippen MR) is 343 cm³/mol. The number of rotatable bonds is 69. The lowest BCUT2D eigenvalue weighted by molar-refractivity contribution is -0.143. The second-order valence-corrected chi connectivity index (χ2v) is 25.3. The van der Waals surface area contributed by atoms with Gasteiger partial charge in [0.15, 0.2) is 0 Å². The van der Waals surface area contributed by atoms with Gasteiger partial charge < -0.3 is 20.3 Å². The molecular formula is C72H143NO5. The minimum Gasteiger partial charge on any atom is -0.466 e. The molecule has 0 rings (SSSR count). The normalized spacial score (nSPS) is 12.4. The van der Waals surface area contributed by atoms with E-state index in [4.69, 9.17) is 4.74 Å². The first kappa shape index (κ1) is 76.9.